The minimum absolute atomic E-state index is 0.153. The number of aryl methyl sites for hydroxylation is 2. The molecule has 2 N–H and O–H groups in total. The monoisotopic (exact) mass is 253 g/mol. The number of sulfone groups is 1. The molecular weight excluding hydrogens is 234 g/mol. The van der Waals surface area contributed by atoms with Crippen molar-refractivity contribution in [2.24, 2.45) is 5.73 Å². The summed E-state index contributed by atoms with van der Waals surface area (Å²) in [5.41, 5.74) is 8.97. The summed E-state index contributed by atoms with van der Waals surface area (Å²) >= 11 is 0. The number of hydrogen-bond donors (Lipinski definition) is 1. The van der Waals surface area contributed by atoms with Gasteiger partial charge in [-0.2, -0.15) is 0 Å². The third-order valence-electron chi connectivity index (χ3n) is 3.21. The molecule has 0 saturated heterocycles. The smallest absolute Gasteiger partial charge is 0.154 e. The molecule has 1 aliphatic carbocycles. The molecule has 0 unspecified atom stereocenters. The first-order valence-electron chi connectivity index (χ1n) is 6.12. The maximum absolute atomic E-state index is 11.8. The van der Waals surface area contributed by atoms with Gasteiger partial charge < -0.3 is 5.73 Å². The van der Waals surface area contributed by atoms with E-state index in [0.717, 1.165) is 18.4 Å². The Kier molecular flexibility index (Phi) is 3.84. The van der Waals surface area contributed by atoms with Gasteiger partial charge in [-0.25, -0.2) is 8.42 Å². The molecule has 17 heavy (non-hydrogen) atoms. The second kappa shape index (κ2) is 5.19. The van der Waals surface area contributed by atoms with E-state index in [2.05, 4.69) is 12.1 Å². The molecule has 1 aromatic carbocycles. The summed E-state index contributed by atoms with van der Waals surface area (Å²) in [6.45, 7) is 0.434. The molecule has 2 rings (SSSR count). The molecule has 0 radical (unpaired) electrons. The molecule has 4 heteroatoms. The molecule has 0 heterocycles. The molecule has 0 amide bonds. The zero-order valence-corrected chi connectivity index (χ0v) is 10.8. The molecule has 3 nitrogen and oxygen atoms in total. The van der Waals surface area contributed by atoms with Crippen LogP contribution in [-0.2, 0) is 28.4 Å². The second-order valence-electron chi connectivity index (χ2n) is 4.69. The van der Waals surface area contributed by atoms with E-state index < -0.39 is 9.84 Å². The fourth-order valence-electron chi connectivity index (χ4n) is 2.34. The average Bonchev–Trinajstić information content (AvgIpc) is 2.73. The highest BCUT2D eigenvalue weighted by Crippen LogP contribution is 2.23. The van der Waals surface area contributed by atoms with E-state index >= 15 is 0 Å². The summed E-state index contributed by atoms with van der Waals surface area (Å²) < 4.78 is 23.6. The molecule has 0 atom stereocenters. The van der Waals surface area contributed by atoms with Gasteiger partial charge in [0.25, 0.3) is 0 Å². The van der Waals surface area contributed by atoms with E-state index in [1.807, 2.05) is 6.07 Å². The van der Waals surface area contributed by atoms with E-state index in [1.54, 1.807) is 0 Å². The van der Waals surface area contributed by atoms with Crippen LogP contribution >= 0.6 is 0 Å². The lowest BCUT2D eigenvalue weighted by Crippen LogP contribution is -2.13. The summed E-state index contributed by atoms with van der Waals surface area (Å²) in [5.74, 6) is 0.348. The quantitative estimate of drug-likeness (QED) is 0.863. The van der Waals surface area contributed by atoms with Crippen molar-refractivity contribution < 1.29 is 8.42 Å². The Balaban J connectivity index is 2.09. The fraction of sp³-hybridized carbons (Fsp3) is 0.538. The van der Waals surface area contributed by atoms with Crippen LogP contribution in [-0.4, -0.2) is 20.7 Å². The normalized spacial score (nSPS) is 14.9. The van der Waals surface area contributed by atoms with Crippen molar-refractivity contribution in [3.05, 3.63) is 34.9 Å². The zero-order valence-electron chi connectivity index (χ0n) is 9.98. The summed E-state index contributed by atoms with van der Waals surface area (Å²) in [4.78, 5) is 0. The van der Waals surface area contributed by atoms with E-state index in [0.29, 0.717) is 13.0 Å². The molecule has 0 saturated carbocycles. The summed E-state index contributed by atoms with van der Waals surface area (Å²) in [6.07, 6.45) is 3.97. The third-order valence-corrected chi connectivity index (χ3v) is 4.89. The number of fused-ring (bicyclic) bond motifs is 1. The standard InChI is InChI=1S/C13H19NO2S/c14-7-2-8-17(15,16)10-11-5-6-12-3-1-4-13(12)9-11/h5-6,9H,1-4,7-8,10,14H2. The molecule has 0 fully saturated rings. The van der Waals surface area contributed by atoms with Crippen molar-refractivity contribution in [1.29, 1.82) is 0 Å². The van der Waals surface area contributed by atoms with Gasteiger partial charge in [-0.05, 0) is 48.9 Å². The van der Waals surface area contributed by atoms with Crippen molar-refractivity contribution in [3.63, 3.8) is 0 Å². The van der Waals surface area contributed by atoms with Gasteiger partial charge in [0.05, 0.1) is 11.5 Å². The first-order chi connectivity index (χ1) is 8.11. The largest absolute Gasteiger partial charge is 0.330 e. The van der Waals surface area contributed by atoms with Gasteiger partial charge >= 0.3 is 0 Å². The van der Waals surface area contributed by atoms with E-state index in [1.165, 1.54) is 17.5 Å². The lowest BCUT2D eigenvalue weighted by Gasteiger charge is -2.06. The highest BCUT2D eigenvalue weighted by atomic mass is 32.2. The molecule has 0 spiro atoms. The Morgan fingerprint density at radius 1 is 1.18 bits per heavy atom. The minimum Gasteiger partial charge on any atom is -0.330 e. The third kappa shape index (κ3) is 3.30. The number of rotatable bonds is 5. The highest BCUT2D eigenvalue weighted by Gasteiger charge is 2.15. The minimum atomic E-state index is -2.99. The molecule has 0 bridgehead atoms. The molecule has 94 valence electrons. The lowest BCUT2D eigenvalue weighted by atomic mass is 10.1. The Morgan fingerprint density at radius 3 is 2.71 bits per heavy atom. The Hall–Kier alpha value is -0.870. The number of hydrogen-bond acceptors (Lipinski definition) is 3. The summed E-state index contributed by atoms with van der Waals surface area (Å²) in [6, 6.07) is 6.09. The Bertz CT molecular complexity index is 494. The summed E-state index contributed by atoms with van der Waals surface area (Å²) in [7, 11) is -2.99. The Labute approximate surface area is 103 Å². The van der Waals surface area contributed by atoms with Gasteiger partial charge in [-0.15, -0.1) is 0 Å². The second-order valence-corrected chi connectivity index (χ2v) is 6.87. The fourth-order valence-corrected chi connectivity index (χ4v) is 3.78. The van der Waals surface area contributed by atoms with Crippen molar-refractivity contribution >= 4 is 9.84 Å². The zero-order chi connectivity index (χ0) is 12.3. The molecule has 0 aromatic heterocycles. The first-order valence-corrected chi connectivity index (χ1v) is 7.94. The SMILES string of the molecule is NCCCS(=O)(=O)Cc1ccc2c(c1)CCC2. The first kappa shape index (κ1) is 12.6. The maximum atomic E-state index is 11.8. The highest BCUT2D eigenvalue weighted by molar-refractivity contribution is 7.90. The van der Waals surface area contributed by atoms with Crippen LogP contribution in [0.25, 0.3) is 0 Å². The predicted octanol–water partition coefficient (Wildman–Crippen LogP) is 1.44. The van der Waals surface area contributed by atoms with Crippen LogP contribution in [0.4, 0.5) is 0 Å². The lowest BCUT2D eigenvalue weighted by molar-refractivity contribution is 0.593. The van der Waals surface area contributed by atoms with Crippen molar-refractivity contribution in [1.82, 2.24) is 0 Å². The Morgan fingerprint density at radius 2 is 1.94 bits per heavy atom. The topological polar surface area (TPSA) is 60.2 Å². The van der Waals surface area contributed by atoms with Gasteiger partial charge in [0.15, 0.2) is 9.84 Å². The van der Waals surface area contributed by atoms with Gasteiger partial charge in [0.2, 0.25) is 0 Å². The van der Waals surface area contributed by atoms with E-state index in [-0.39, 0.29) is 11.5 Å². The number of benzene rings is 1. The number of nitrogens with two attached hydrogens (primary N) is 1. The van der Waals surface area contributed by atoms with Gasteiger partial charge in [-0.3, -0.25) is 0 Å². The van der Waals surface area contributed by atoms with Crippen molar-refractivity contribution in [2.75, 3.05) is 12.3 Å². The molecule has 1 aromatic rings. The average molecular weight is 253 g/mol. The van der Waals surface area contributed by atoms with E-state index in [9.17, 15) is 8.42 Å². The van der Waals surface area contributed by atoms with Crippen molar-refractivity contribution in [3.8, 4) is 0 Å². The molecule has 0 aliphatic heterocycles. The van der Waals surface area contributed by atoms with E-state index in [4.69, 9.17) is 5.73 Å². The van der Waals surface area contributed by atoms with Gasteiger partial charge in [-0.1, -0.05) is 18.2 Å². The van der Waals surface area contributed by atoms with Crippen LogP contribution in [0, 0.1) is 0 Å². The summed E-state index contributed by atoms with van der Waals surface area (Å²) in [5, 5.41) is 0. The van der Waals surface area contributed by atoms with Crippen LogP contribution in [0.2, 0.25) is 0 Å². The maximum Gasteiger partial charge on any atom is 0.154 e. The van der Waals surface area contributed by atoms with Crippen LogP contribution in [0.1, 0.15) is 29.5 Å². The van der Waals surface area contributed by atoms with Crippen molar-refractivity contribution in [2.45, 2.75) is 31.4 Å². The van der Waals surface area contributed by atoms with Crippen LogP contribution in [0.3, 0.4) is 0 Å². The van der Waals surface area contributed by atoms with Crippen LogP contribution in [0.5, 0.6) is 0 Å². The van der Waals surface area contributed by atoms with Gasteiger partial charge in [0, 0.05) is 0 Å². The van der Waals surface area contributed by atoms with Crippen LogP contribution < -0.4 is 5.73 Å². The van der Waals surface area contributed by atoms with Crippen LogP contribution in [0.15, 0.2) is 18.2 Å². The molecular formula is C13H19NO2S. The predicted molar refractivity (Wildman–Crippen MR) is 69.6 cm³/mol. The van der Waals surface area contributed by atoms with Gasteiger partial charge in [0.1, 0.15) is 0 Å². The molecule has 1 aliphatic rings.